The third kappa shape index (κ3) is 2.94. The fourth-order valence-corrected chi connectivity index (χ4v) is 0.864. The first-order chi connectivity index (χ1) is 6.36. The first-order valence-electron chi connectivity index (χ1n) is 3.73. The summed E-state index contributed by atoms with van der Waals surface area (Å²) in [4.78, 5) is 9.87. The zero-order valence-corrected chi connectivity index (χ0v) is 7.23. The number of carbonyl (C=O) groups excluding carboxylic acids is 1. The Kier molecular flexibility index (Phi) is 3.50. The first kappa shape index (κ1) is 9.25. The van der Waals surface area contributed by atoms with E-state index >= 15 is 0 Å². The highest BCUT2D eigenvalue weighted by Gasteiger charge is 1.90. The van der Waals surface area contributed by atoms with Gasteiger partial charge in [0.1, 0.15) is 5.75 Å². The molecule has 0 fully saturated rings. The lowest BCUT2D eigenvalue weighted by molar-refractivity contribution is -0.109. The summed E-state index contributed by atoms with van der Waals surface area (Å²) < 4.78 is 5.01. The van der Waals surface area contributed by atoms with Gasteiger partial charge >= 0.3 is 0 Å². The Morgan fingerprint density at radius 2 is 2.38 bits per heavy atom. The number of benzene rings is 1. The third-order valence-electron chi connectivity index (χ3n) is 1.43. The van der Waals surface area contributed by atoms with Crippen molar-refractivity contribution >= 4 is 12.6 Å². The van der Waals surface area contributed by atoms with Crippen molar-refractivity contribution in [1.29, 1.82) is 0 Å². The molecule has 0 saturated heterocycles. The fourth-order valence-electron chi connectivity index (χ4n) is 0.864. The van der Waals surface area contributed by atoms with Crippen molar-refractivity contribution < 1.29 is 9.53 Å². The molecule has 0 aliphatic carbocycles. The van der Waals surface area contributed by atoms with E-state index in [9.17, 15) is 4.79 Å². The minimum atomic E-state index is 0.511. The predicted molar refractivity (Wildman–Crippen MR) is 49.8 cm³/mol. The number of nitrogens with zero attached hydrogens (tertiary/aromatic N) is 1. The second kappa shape index (κ2) is 4.92. The van der Waals surface area contributed by atoms with E-state index < -0.39 is 0 Å². The Morgan fingerprint density at radius 1 is 1.54 bits per heavy atom. The van der Waals surface area contributed by atoms with Gasteiger partial charge in [-0.25, -0.2) is 5.43 Å². The molecule has 0 heterocycles. The number of ether oxygens (including phenoxy) is 1. The highest BCUT2D eigenvalue weighted by Crippen LogP contribution is 2.10. The Labute approximate surface area is 76.2 Å². The molecular formula is C9H10N2O2. The molecule has 0 bridgehead atoms. The molecule has 0 aliphatic heterocycles. The molecule has 4 heteroatoms. The van der Waals surface area contributed by atoms with Crippen LogP contribution < -0.4 is 10.2 Å². The summed E-state index contributed by atoms with van der Waals surface area (Å²) in [7, 11) is 1.60. The molecule has 1 amide bonds. The first-order valence-corrected chi connectivity index (χ1v) is 3.73. The van der Waals surface area contributed by atoms with Gasteiger partial charge in [0, 0.05) is 0 Å². The molecule has 1 aromatic carbocycles. The predicted octanol–water partition coefficient (Wildman–Crippen LogP) is 0.775. The topological polar surface area (TPSA) is 50.7 Å². The summed E-state index contributed by atoms with van der Waals surface area (Å²) >= 11 is 0. The monoisotopic (exact) mass is 178 g/mol. The summed E-state index contributed by atoms with van der Waals surface area (Å²) in [6.45, 7) is 0. The molecule has 0 unspecified atom stereocenters. The molecule has 0 atom stereocenters. The van der Waals surface area contributed by atoms with Crippen LogP contribution in [-0.4, -0.2) is 19.7 Å². The molecule has 4 nitrogen and oxygen atoms in total. The normalized spacial score (nSPS) is 9.92. The molecule has 0 aromatic heterocycles. The lowest BCUT2D eigenvalue weighted by atomic mass is 10.2. The van der Waals surface area contributed by atoms with Crippen molar-refractivity contribution in [2.45, 2.75) is 0 Å². The summed E-state index contributed by atoms with van der Waals surface area (Å²) in [6, 6.07) is 7.36. The molecule has 1 aromatic rings. The van der Waals surface area contributed by atoms with Gasteiger partial charge in [0.25, 0.3) is 0 Å². The zero-order valence-electron chi connectivity index (χ0n) is 7.23. The molecule has 1 N–H and O–H groups in total. The van der Waals surface area contributed by atoms with E-state index in [1.54, 1.807) is 7.11 Å². The van der Waals surface area contributed by atoms with Crippen LogP contribution in [0.25, 0.3) is 0 Å². The van der Waals surface area contributed by atoms with Gasteiger partial charge in [-0.3, -0.25) is 4.79 Å². The molecule has 68 valence electrons. The quantitative estimate of drug-likeness (QED) is 0.420. The minimum Gasteiger partial charge on any atom is -0.497 e. The fraction of sp³-hybridized carbons (Fsp3) is 0.111. The molecule has 0 aliphatic rings. The van der Waals surface area contributed by atoms with Gasteiger partial charge in [0.15, 0.2) is 0 Å². The molecule has 0 radical (unpaired) electrons. The molecule has 0 saturated carbocycles. The highest BCUT2D eigenvalue weighted by atomic mass is 16.5. The average molecular weight is 178 g/mol. The SMILES string of the molecule is COc1cccc(C=NNC=O)c1. The molecule has 13 heavy (non-hydrogen) atoms. The molecule has 1 rings (SSSR count). The Morgan fingerprint density at radius 3 is 3.08 bits per heavy atom. The Bertz CT molecular complexity index is 310. The number of nitrogens with one attached hydrogen (secondary N) is 1. The maximum atomic E-state index is 9.87. The van der Waals surface area contributed by atoms with E-state index in [2.05, 4.69) is 10.5 Å². The van der Waals surface area contributed by atoms with Crippen molar-refractivity contribution in [2.24, 2.45) is 5.10 Å². The van der Waals surface area contributed by atoms with Crippen LogP contribution in [0.1, 0.15) is 5.56 Å². The van der Waals surface area contributed by atoms with Gasteiger partial charge in [-0.2, -0.15) is 5.10 Å². The van der Waals surface area contributed by atoms with Crippen LogP contribution in [0.2, 0.25) is 0 Å². The van der Waals surface area contributed by atoms with Crippen LogP contribution in [-0.2, 0) is 4.79 Å². The summed E-state index contributed by atoms with van der Waals surface area (Å²) in [5.74, 6) is 0.759. The lowest BCUT2D eigenvalue weighted by Gasteiger charge is -1.98. The van der Waals surface area contributed by atoms with Gasteiger partial charge in [-0.05, 0) is 17.7 Å². The second-order valence-electron chi connectivity index (χ2n) is 2.28. The van der Waals surface area contributed by atoms with Crippen LogP contribution in [0.15, 0.2) is 29.4 Å². The highest BCUT2D eigenvalue weighted by molar-refractivity contribution is 5.80. The largest absolute Gasteiger partial charge is 0.497 e. The minimum absolute atomic E-state index is 0.511. The van der Waals surface area contributed by atoms with Crippen LogP contribution in [0, 0.1) is 0 Å². The van der Waals surface area contributed by atoms with E-state index in [4.69, 9.17) is 4.74 Å². The number of methoxy groups -OCH3 is 1. The van der Waals surface area contributed by atoms with Gasteiger partial charge in [-0.15, -0.1) is 0 Å². The van der Waals surface area contributed by atoms with E-state index in [1.807, 2.05) is 24.3 Å². The molecule has 0 spiro atoms. The second-order valence-corrected chi connectivity index (χ2v) is 2.28. The van der Waals surface area contributed by atoms with Crippen molar-refractivity contribution in [1.82, 2.24) is 5.43 Å². The number of hydrogen-bond acceptors (Lipinski definition) is 3. The average Bonchev–Trinajstić information content (AvgIpc) is 2.19. The number of hydrogen-bond donors (Lipinski definition) is 1. The van der Waals surface area contributed by atoms with Crippen molar-refractivity contribution in [3.63, 3.8) is 0 Å². The van der Waals surface area contributed by atoms with Gasteiger partial charge in [0.05, 0.1) is 13.3 Å². The van der Waals surface area contributed by atoms with Gasteiger partial charge < -0.3 is 4.74 Å². The van der Waals surface area contributed by atoms with Gasteiger partial charge in [-0.1, -0.05) is 12.1 Å². The summed E-state index contributed by atoms with van der Waals surface area (Å²) in [5, 5.41) is 3.64. The number of rotatable bonds is 4. The zero-order chi connectivity index (χ0) is 9.52. The Hall–Kier alpha value is -1.84. The molecular weight excluding hydrogens is 168 g/mol. The lowest BCUT2D eigenvalue weighted by Crippen LogP contribution is -2.00. The van der Waals surface area contributed by atoms with E-state index in [-0.39, 0.29) is 0 Å². The summed E-state index contributed by atoms with van der Waals surface area (Å²) in [5.41, 5.74) is 3.05. The maximum Gasteiger partial charge on any atom is 0.227 e. The van der Waals surface area contributed by atoms with E-state index in [0.29, 0.717) is 6.41 Å². The summed E-state index contributed by atoms with van der Waals surface area (Å²) in [6.07, 6.45) is 2.05. The van der Waals surface area contributed by atoms with Crippen molar-refractivity contribution in [3.05, 3.63) is 29.8 Å². The van der Waals surface area contributed by atoms with Crippen molar-refractivity contribution in [3.8, 4) is 5.75 Å². The van der Waals surface area contributed by atoms with Crippen LogP contribution in [0.4, 0.5) is 0 Å². The van der Waals surface area contributed by atoms with Crippen molar-refractivity contribution in [2.75, 3.05) is 7.11 Å². The smallest absolute Gasteiger partial charge is 0.227 e. The van der Waals surface area contributed by atoms with E-state index in [0.717, 1.165) is 11.3 Å². The number of hydrazone groups is 1. The van der Waals surface area contributed by atoms with Crippen LogP contribution in [0.3, 0.4) is 0 Å². The van der Waals surface area contributed by atoms with Crippen LogP contribution in [0.5, 0.6) is 5.75 Å². The maximum absolute atomic E-state index is 9.87. The third-order valence-corrected chi connectivity index (χ3v) is 1.43. The van der Waals surface area contributed by atoms with E-state index in [1.165, 1.54) is 6.21 Å². The van der Waals surface area contributed by atoms with Crippen LogP contribution >= 0.6 is 0 Å². The standard InChI is InChI=1S/C9H10N2O2/c1-13-9-4-2-3-8(5-9)6-10-11-7-12/h2-7H,1H3,(H,11,12). The van der Waals surface area contributed by atoms with Gasteiger partial charge in [0.2, 0.25) is 6.41 Å². The number of amides is 1. The Balaban J connectivity index is 2.71. The number of carbonyl (C=O) groups is 1.